The molecular weight excluding hydrogens is 332 g/mol. The van der Waals surface area contributed by atoms with Gasteiger partial charge < -0.3 is 14.0 Å². The van der Waals surface area contributed by atoms with Gasteiger partial charge in [0.05, 0.1) is 18.8 Å². The lowest BCUT2D eigenvalue weighted by molar-refractivity contribution is 0.0485. The predicted octanol–water partition coefficient (Wildman–Crippen LogP) is 5.73. The molecular formula is C19H42O3Si2. The lowest BCUT2D eigenvalue weighted by atomic mass is 10.1. The Morgan fingerprint density at radius 3 is 1.62 bits per heavy atom. The molecule has 0 aliphatic heterocycles. The predicted molar refractivity (Wildman–Crippen MR) is 111 cm³/mol. The number of aliphatic hydroxyl groups excluding tert-OH is 1. The van der Waals surface area contributed by atoms with Gasteiger partial charge in [0.1, 0.15) is 0 Å². The molecule has 0 aliphatic rings. The maximum Gasteiger partial charge on any atom is 0.192 e. The Hall–Kier alpha value is 0.0538. The second-order valence-corrected chi connectivity index (χ2v) is 19.4. The van der Waals surface area contributed by atoms with Crippen LogP contribution in [0, 0.1) is 0 Å². The van der Waals surface area contributed by atoms with E-state index in [1.807, 2.05) is 6.08 Å². The summed E-state index contributed by atoms with van der Waals surface area (Å²) in [6, 6.07) is 0. The van der Waals surface area contributed by atoms with Gasteiger partial charge in [0.2, 0.25) is 0 Å². The van der Waals surface area contributed by atoms with Gasteiger partial charge in [-0.1, -0.05) is 53.7 Å². The van der Waals surface area contributed by atoms with Crippen LogP contribution < -0.4 is 0 Å². The van der Waals surface area contributed by atoms with Gasteiger partial charge in [0.15, 0.2) is 16.6 Å². The van der Waals surface area contributed by atoms with Crippen molar-refractivity contribution in [2.45, 2.75) is 103 Å². The minimum atomic E-state index is -1.87. The molecule has 0 aromatic rings. The monoisotopic (exact) mass is 374 g/mol. The fraction of sp³-hybridized carbons (Fsp3) is 0.895. The summed E-state index contributed by atoms with van der Waals surface area (Å²) in [6.07, 6.45) is 4.67. The summed E-state index contributed by atoms with van der Waals surface area (Å²) >= 11 is 0. The zero-order valence-electron chi connectivity index (χ0n) is 18.0. The Labute approximate surface area is 153 Å². The topological polar surface area (TPSA) is 38.7 Å². The van der Waals surface area contributed by atoms with Gasteiger partial charge in [-0.05, 0) is 49.6 Å². The van der Waals surface area contributed by atoms with Crippen molar-refractivity contribution in [2.24, 2.45) is 0 Å². The third-order valence-corrected chi connectivity index (χ3v) is 14.8. The molecule has 2 atom stereocenters. The molecule has 0 fully saturated rings. The zero-order chi connectivity index (χ0) is 19.4. The van der Waals surface area contributed by atoms with Crippen LogP contribution >= 0.6 is 0 Å². The average molecular weight is 375 g/mol. The summed E-state index contributed by atoms with van der Waals surface area (Å²) in [7, 11) is -3.71. The van der Waals surface area contributed by atoms with Crippen molar-refractivity contribution in [2.75, 3.05) is 6.61 Å². The van der Waals surface area contributed by atoms with Crippen molar-refractivity contribution in [1.82, 2.24) is 0 Å². The van der Waals surface area contributed by atoms with E-state index in [2.05, 4.69) is 74.7 Å². The van der Waals surface area contributed by atoms with Gasteiger partial charge in [-0.3, -0.25) is 0 Å². The highest BCUT2D eigenvalue weighted by molar-refractivity contribution is 6.74. The average Bonchev–Trinajstić information content (AvgIpc) is 2.34. The SMILES string of the molecule is C[C@H](O[Si](C)(C)C(C)(C)C)[C@@H](C/C=C/CO)O[Si](C)(C)C(C)(C)C. The maximum atomic E-state index is 9.03. The van der Waals surface area contributed by atoms with E-state index in [1.165, 1.54) is 0 Å². The van der Waals surface area contributed by atoms with E-state index in [9.17, 15) is 0 Å². The summed E-state index contributed by atoms with van der Waals surface area (Å²) in [4.78, 5) is 0. The summed E-state index contributed by atoms with van der Waals surface area (Å²) < 4.78 is 13.3. The molecule has 0 bridgehead atoms. The highest BCUT2D eigenvalue weighted by Crippen LogP contribution is 2.40. The number of hydrogen-bond acceptors (Lipinski definition) is 3. The smallest absolute Gasteiger partial charge is 0.192 e. The van der Waals surface area contributed by atoms with Crippen LogP contribution in [-0.2, 0) is 8.85 Å². The molecule has 0 heterocycles. The Kier molecular flexibility index (Phi) is 8.65. The lowest BCUT2D eigenvalue weighted by Crippen LogP contribution is -2.51. The van der Waals surface area contributed by atoms with Crippen molar-refractivity contribution < 1.29 is 14.0 Å². The fourth-order valence-electron chi connectivity index (χ4n) is 1.91. The normalized spacial score (nSPS) is 17.3. The van der Waals surface area contributed by atoms with Crippen molar-refractivity contribution in [1.29, 1.82) is 0 Å². The van der Waals surface area contributed by atoms with Gasteiger partial charge in [-0.25, -0.2) is 0 Å². The first-order valence-corrected chi connectivity index (χ1v) is 15.0. The molecule has 0 radical (unpaired) electrons. The summed E-state index contributed by atoms with van der Waals surface area (Å²) in [5.41, 5.74) is 0. The van der Waals surface area contributed by atoms with Crippen LogP contribution in [0.25, 0.3) is 0 Å². The molecule has 0 unspecified atom stereocenters. The second-order valence-electron chi connectivity index (χ2n) is 9.89. The quantitative estimate of drug-likeness (QED) is 0.436. The van der Waals surface area contributed by atoms with E-state index in [4.69, 9.17) is 14.0 Å². The number of hydrogen-bond donors (Lipinski definition) is 1. The van der Waals surface area contributed by atoms with Crippen LogP contribution in [0.1, 0.15) is 54.9 Å². The molecule has 0 aromatic heterocycles. The second kappa shape index (κ2) is 8.63. The van der Waals surface area contributed by atoms with Crippen LogP contribution in [0.2, 0.25) is 36.3 Å². The van der Waals surface area contributed by atoms with Crippen LogP contribution in [0.15, 0.2) is 12.2 Å². The van der Waals surface area contributed by atoms with Gasteiger partial charge in [-0.2, -0.15) is 0 Å². The minimum Gasteiger partial charge on any atom is -0.412 e. The Balaban J connectivity index is 5.30. The molecule has 0 spiro atoms. The van der Waals surface area contributed by atoms with Crippen LogP contribution in [0.3, 0.4) is 0 Å². The molecule has 3 nitrogen and oxygen atoms in total. The first kappa shape index (κ1) is 24.1. The van der Waals surface area contributed by atoms with Crippen molar-refractivity contribution in [3.8, 4) is 0 Å². The molecule has 5 heteroatoms. The van der Waals surface area contributed by atoms with Gasteiger partial charge in [-0.15, -0.1) is 0 Å². The molecule has 24 heavy (non-hydrogen) atoms. The van der Waals surface area contributed by atoms with Crippen LogP contribution in [0.5, 0.6) is 0 Å². The standard InChI is InChI=1S/C19H42O3Si2/c1-16(21-23(8,9)18(2,3)4)17(14-12-13-15-20)22-24(10,11)19(5,6)7/h12-13,16-17,20H,14-15H2,1-11H3/b13-12+/t16-,17+/m0/s1. The largest absolute Gasteiger partial charge is 0.412 e. The van der Waals surface area contributed by atoms with Gasteiger partial charge >= 0.3 is 0 Å². The van der Waals surface area contributed by atoms with E-state index in [1.54, 1.807) is 6.08 Å². The first-order chi connectivity index (χ1) is 10.5. The van der Waals surface area contributed by atoms with E-state index >= 15 is 0 Å². The molecule has 1 N–H and O–H groups in total. The first-order valence-electron chi connectivity index (χ1n) is 9.16. The molecule has 0 rings (SSSR count). The fourth-order valence-corrected chi connectivity index (χ4v) is 4.75. The summed E-state index contributed by atoms with van der Waals surface area (Å²) in [5.74, 6) is 0. The Bertz CT molecular complexity index is 404. The van der Waals surface area contributed by atoms with E-state index in [0.29, 0.717) is 0 Å². The highest BCUT2D eigenvalue weighted by atomic mass is 28.4. The third kappa shape index (κ3) is 7.12. The minimum absolute atomic E-state index is 0.0304. The van der Waals surface area contributed by atoms with E-state index < -0.39 is 16.6 Å². The Morgan fingerprint density at radius 1 is 0.833 bits per heavy atom. The number of aliphatic hydroxyl groups is 1. The molecule has 0 amide bonds. The van der Waals surface area contributed by atoms with E-state index in [-0.39, 0.29) is 28.9 Å². The van der Waals surface area contributed by atoms with Crippen LogP contribution in [0.4, 0.5) is 0 Å². The summed E-state index contributed by atoms with van der Waals surface area (Å²) in [6.45, 7) is 25.0. The molecule has 0 aliphatic carbocycles. The lowest BCUT2D eigenvalue weighted by Gasteiger charge is -2.44. The van der Waals surface area contributed by atoms with Crippen LogP contribution in [-0.4, -0.2) is 40.6 Å². The van der Waals surface area contributed by atoms with Crippen molar-refractivity contribution >= 4 is 16.6 Å². The molecule has 144 valence electrons. The van der Waals surface area contributed by atoms with E-state index in [0.717, 1.165) is 6.42 Å². The van der Waals surface area contributed by atoms with Gasteiger partial charge in [0, 0.05) is 0 Å². The van der Waals surface area contributed by atoms with Crippen molar-refractivity contribution in [3.63, 3.8) is 0 Å². The molecule has 0 aromatic carbocycles. The molecule has 0 saturated carbocycles. The van der Waals surface area contributed by atoms with Crippen molar-refractivity contribution in [3.05, 3.63) is 12.2 Å². The van der Waals surface area contributed by atoms with Gasteiger partial charge in [0.25, 0.3) is 0 Å². The third-order valence-electron chi connectivity index (χ3n) is 5.70. The Morgan fingerprint density at radius 2 is 1.25 bits per heavy atom. The maximum absolute atomic E-state index is 9.03. The highest BCUT2D eigenvalue weighted by Gasteiger charge is 2.43. The number of rotatable bonds is 8. The summed E-state index contributed by atoms with van der Waals surface area (Å²) in [5, 5.41) is 9.38. The zero-order valence-corrected chi connectivity index (χ0v) is 20.0. The molecule has 0 saturated heterocycles.